The van der Waals surface area contributed by atoms with Crippen LogP contribution in [0.15, 0.2) is 54.7 Å². The van der Waals surface area contributed by atoms with Crippen LogP contribution in [0.25, 0.3) is 10.9 Å². The molecule has 0 unspecified atom stereocenters. The number of halogens is 1. The third kappa shape index (κ3) is 2.60. The molecular weight excluding hydrogens is 286 g/mol. The lowest BCUT2D eigenvalue weighted by Crippen LogP contribution is -2.04. The van der Waals surface area contributed by atoms with E-state index in [9.17, 15) is 4.79 Å². The van der Waals surface area contributed by atoms with Gasteiger partial charge in [0, 0.05) is 22.2 Å². The van der Waals surface area contributed by atoms with Gasteiger partial charge in [0.15, 0.2) is 5.78 Å². The predicted octanol–water partition coefficient (Wildman–Crippen LogP) is 4.13. The Morgan fingerprint density at radius 1 is 1.14 bits per heavy atom. The van der Waals surface area contributed by atoms with Gasteiger partial charge >= 0.3 is 0 Å². The molecule has 0 atom stereocenters. The van der Waals surface area contributed by atoms with Gasteiger partial charge in [-0.05, 0) is 42.5 Å². The SMILES string of the molecule is COc1cc(Cl)ccc1C(=O)c1ccc2ncccc2c1. The number of ketones is 1. The number of fused-ring (bicyclic) bond motifs is 1. The smallest absolute Gasteiger partial charge is 0.196 e. The fourth-order valence-electron chi connectivity index (χ4n) is 2.22. The number of nitrogens with zero attached hydrogens (tertiary/aromatic N) is 1. The van der Waals surface area contributed by atoms with Crippen LogP contribution in [0.2, 0.25) is 5.02 Å². The second kappa shape index (κ2) is 5.54. The maximum absolute atomic E-state index is 12.6. The summed E-state index contributed by atoms with van der Waals surface area (Å²) in [6, 6.07) is 14.2. The molecule has 0 aliphatic rings. The number of carbonyl (C=O) groups excluding carboxylic acids is 1. The molecule has 0 bridgehead atoms. The van der Waals surface area contributed by atoms with Crippen LogP contribution in [-0.2, 0) is 0 Å². The molecule has 1 heterocycles. The number of hydrogen-bond acceptors (Lipinski definition) is 3. The number of pyridine rings is 1. The van der Waals surface area contributed by atoms with E-state index in [1.54, 1.807) is 30.5 Å². The van der Waals surface area contributed by atoms with Crippen molar-refractivity contribution in [3.63, 3.8) is 0 Å². The van der Waals surface area contributed by atoms with Gasteiger partial charge < -0.3 is 4.74 Å². The highest BCUT2D eigenvalue weighted by molar-refractivity contribution is 6.31. The number of hydrogen-bond donors (Lipinski definition) is 0. The molecule has 0 fully saturated rings. The van der Waals surface area contributed by atoms with Crippen LogP contribution in [0, 0.1) is 0 Å². The summed E-state index contributed by atoms with van der Waals surface area (Å²) in [6.45, 7) is 0. The summed E-state index contributed by atoms with van der Waals surface area (Å²) in [5.74, 6) is 0.369. The normalized spacial score (nSPS) is 10.6. The van der Waals surface area contributed by atoms with Crippen LogP contribution in [0.5, 0.6) is 5.75 Å². The van der Waals surface area contributed by atoms with Crippen LogP contribution >= 0.6 is 11.6 Å². The average molecular weight is 298 g/mol. The lowest BCUT2D eigenvalue weighted by atomic mass is 10.0. The van der Waals surface area contributed by atoms with E-state index in [2.05, 4.69) is 4.98 Å². The lowest BCUT2D eigenvalue weighted by Gasteiger charge is -2.08. The van der Waals surface area contributed by atoms with Gasteiger partial charge in [0.1, 0.15) is 5.75 Å². The van der Waals surface area contributed by atoms with Crippen molar-refractivity contribution in [1.29, 1.82) is 0 Å². The molecule has 0 radical (unpaired) electrons. The molecule has 0 aliphatic heterocycles. The Kier molecular flexibility index (Phi) is 3.59. The van der Waals surface area contributed by atoms with Gasteiger partial charge in [-0.15, -0.1) is 0 Å². The molecular formula is C17H12ClNO2. The maximum atomic E-state index is 12.6. The summed E-state index contributed by atoms with van der Waals surface area (Å²) in [6.07, 6.45) is 1.73. The first-order valence-electron chi connectivity index (χ1n) is 6.42. The molecule has 0 saturated heterocycles. The van der Waals surface area contributed by atoms with Gasteiger partial charge in [-0.25, -0.2) is 0 Å². The molecule has 3 aromatic rings. The lowest BCUT2D eigenvalue weighted by molar-refractivity contribution is 0.103. The van der Waals surface area contributed by atoms with E-state index in [4.69, 9.17) is 16.3 Å². The fourth-order valence-corrected chi connectivity index (χ4v) is 2.39. The number of aromatic nitrogens is 1. The minimum Gasteiger partial charge on any atom is -0.496 e. The third-order valence-electron chi connectivity index (χ3n) is 3.27. The van der Waals surface area contributed by atoms with E-state index < -0.39 is 0 Å². The van der Waals surface area contributed by atoms with Crippen molar-refractivity contribution in [2.45, 2.75) is 0 Å². The number of ether oxygens (including phenoxy) is 1. The van der Waals surface area contributed by atoms with Crippen molar-refractivity contribution >= 4 is 28.3 Å². The Labute approximate surface area is 127 Å². The van der Waals surface area contributed by atoms with Crippen molar-refractivity contribution in [2.24, 2.45) is 0 Å². The number of benzene rings is 2. The molecule has 1 aromatic heterocycles. The van der Waals surface area contributed by atoms with Crippen molar-refractivity contribution in [2.75, 3.05) is 7.11 Å². The third-order valence-corrected chi connectivity index (χ3v) is 3.51. The first kappa shape index (κ1) is 13.6. The van der Waals surface area contributed by atoms with E-state index >= 15 is 0 Å². The number of methoxy groups -OCH3 is 1. The van der Waals surface area contributed by atoms with Crippen molar-refractivity contribution in [3.05, 3.63) is 70.9 Å². The predicted molar refractivity (Wildman–Crippen MR) is 83.2 cm³/mol. The standard InChI is InChI=1S/C17H12ClNO2/c1-21-16-10-13(18)5-6-14(16)17(20)12-4-7-15-11(9-12)3-2-8-19-15/h2-10H,1H3. The van der Waals surface area contributed by atoms with Gasteiger partial charge in [0.2, 0.25) is 0 Å². The monoisotopic (exact) mass is 297 g/mol. The summed E-state index contributed by atoms with van der Waals surface area (Å²) in [4.78, 5) is 16.9. The number of carbonyl (C=O) groups is 1. The Hall–Kier alpha value is -2.39. The van der Waals surface area contributed by atoms with Crippen LogP contribution in [-0.4, -0.2) is 17.9 Å². The van der Waals surface area contributed by atoms with Crippen molar-refractivity contribution < 1.29 is 9.53 Å². The molecule has 4 heteroatoms. The second-order valence-corrected chi connectivity index (χ2v) is 5.02. The average Bonchev–Trinajstić information content (AvgIpc) is 2.53. The highest BCUT2D eigenvalue weighted by Crippen LogP contribution is 2.26. The summed E-state index contributed by atoms with van der Waals surface area (Å²) in [7, 11) is 1.52. The van der Waals surface area contributed by atoms with Crippen LogP contribution < -0.4 is 4.74 Å². The number of rotatable bonds is 3. The zero-order valence-electron chi connectivity index (χ0n) is 11.3. The Balaban J connectivity index is 2.08. The highest BCUT2D eigenvalue weighted by Gasteiger charge is 2.15. The van der Waals surface area contributed by atoms with Gasteiger partial charge in [-0.3, -0.25) is 9.78 Å². The van der Waals surface area contributed by atoms with Gasteiger partial charge in [-0.2, -0.15) is 0 Å². The molecule has 0 aliphatic carbocycles. The molecule has 0 saturated carbocycles. The Morgan fingerprint density at radius 2 is 2.00 bits per heavy atom. The fraction of sp³-hybridized carbons (Fsp3) is 0.0588. The van der Waals surface area contributed by atoms with Crippen molar-refractivity contribution in [3.8, 4) is 5.75 Å². The second-order valence-electron chi connectivity index (χ2n) is 4.58. The van der Waals surface area contributed by atoms with Gasteiger partial charge in [0.25, 0.3) is 0 Å². The minimum absolute atomic E-state index is 0.103. The van der Waals surface area contributed by atoms with E-state index in [0.29, 0.717) is 21.9 Å². The maximum Gasteiger partial charge on any atom is 0.196 e. The van der Waals surface area contributed by atoms with Crippen LogP contribution in [0.1, 0.15) is 15.9 Å². The van der Waals surface area contributed by atoms with E-state index in [-0.39, 0.29) is 5.78 Å². The summed E-state index contributed by atoms with van der Waals surface area (Å²) >= 11 is 5.92. The summed E-state index contributed by atoms with van der Waals surface area (Å²) in [5, 5.41) is 1.46. The molecule has 0 N–H and O–H groups in total. The molecule has 2 aromatic carbocycles. The molecule has 3 rings (SSSR count). The van der Waals surface area contributed by atoms with Crippen LogP contribution in [0.3, 0.4) is 0 Å². The molecule has 3 nitrogen and oxygen atoms in total. The summed E-state index contributed by atoms with van der Waals surface area (Å²) in [5.41, 5.74) is 1.94. The van der Waals surface area contributed by atoms with E-state index in [1.807, 2.05) is 24.3 Å². The van der Waals surface area contributed by atoms with Crippen LogP contribution in [0.4, 0.5) is 0 Å². The highest BCUT2D eigenvalue weighted by atomic mass is 35.5. The topological polar surface area (TPSA) is 39.2 Å². The zero-order valence-corrected chi connectivity index (χ0v) is 12.1. The first-order chi connectivity index (χ1) is 10.2. The molecule has 21 heavy (non-hydrogen) atoms. The van der Waals surface area contributed by atoms with E-state index in [1.165, 1.54) is 7.11 Å². The van der Waals surface area contributed by atoms with E-state index in [0.717, 1.165) is 10.9 Å². The zero-order chi connectivity index (χ0) is 14.8. The van der Waals surface area contributed by atoms with Gasteiger partial charge in [0.05, 0.1) is 18.2 Å². The summed E-state index contributed by atoms with van der Waals surface area (Å²) < 4.78 is 5.24. The largest absolute Gasteiger partial charge is 0.496 e. The quantitative estimate of drug-likeness (QED) is 0.682. The minimum atomic E-state index is -0.103. The molecule has 0 amide bonds. The Morgan fingerprint density at radius 3 is 2.81 bits per heavy atom. The first-order valence-corrected chi connectivity index (χ1v) is 6.80. The van der Waals surface area contributed by atoms with Crippen molar-refractivity contribution in [1.82, 2.24) is 4.98 Å². The Bertz CT molecular complexity index is 830. The van der Waals surface area contributed by atoms with Gasteiger partial charge in [-0.1, -0.05) is 17.7 Å². The molecule has 0 spiro atoms. The molecule has 104 valence electrons.